The van der Waals surface area contributed by atoms with Gasteiger partial charge in [-0.1, -0.05) is 11.3 Å². The monoisotopic (exact) mass is 368 g/mol. The smallest absolute Gasteiger partial charge is 0.284 e. The lowest BCUT2D eigenvalue weighted by molar-refractivity contribution is -0.137. The number of rotatable bonds is 4. The summed E-state index contributed by atoms with van der Waals surface area (Å²) in [5.74, 6) is -0.967. The summed E-state index contributed by atoms with van der Waals surface area (Å²) in [5, 5.41) is 7.99. The molecule has 2 aromatic heterocycles. The molecule has 0 bridgehead atoms. The fraction of sp³-hybridized carbons (Fsp3) is 0.333. The van der Waals surface area contributed by atoms with Crippen molar-refractivity contribution in [1.29, 1.82) is 0 Å². The maximum Gasteiger partial charge on any atom is 0.284 e. The minimum atomic E-state index is -1.28. The zero-order chi connectivity index (χ0) is 19.9. The summed E-state index contributed by atoms with van der Waals surface area (Å²) in [6.45, 7) is 5.18. The van der Waals surface area contributed by atoms with Crippen molar-refractivity contribution in [2.45, 2.75) is 26.8 Å². The molecule has 0 fully saturated rings. The van der Waals surface area contributed by atoms with E-state index >= 15 is 0 Å². The van der Waals surface area contributed by atoms with E-state index in [1.807, 2.05) is 32.0 Å². The maximum atomic E-state index is 12.9. The molecule has 9 heteroatoms. The van der Waals surface area contributed by atoms with E-state index in [9.17, 15) is 14.4 Å². The van der Waals surface area contributed by atoms with Crippen LogP contribution in [0.1, 0.15) is 24.1 Å². The molecule has 0 saturated heterocycles. The zero-order valence-electron chi connectivity index (χ0n) is 15.8. The number of carbonyl (C=O) groups excluding carboxylic acids is 2. The fourth-order valence-corrected chi connectivity index (χ4v) is 2.99. The van der Waals surface area contributed by atoms with Crippen molar-refractivity contribution >= 4 is 22.9 Å². The van der Waals surface area contributed by atoms with E-state index in [2.05, 4.69) is 15.3 Å². The predicted octanol–water partition coefficient (Wildman–Crippen LogP) is 0.812. The summed E-state index contributed by atoms with van der Waals surface area (Å²) in [7, 11) is 3.04. The number of hydrogen-bond acceptors (Lipinski definition) is 6. The second-order valence-corrected chi connectivity index (χ2v) is 6.72. The highest BCUT2D eigenvalue weighted by molar-refractivity contribution is 6.02. The molecule has 9 nitrogen and oxygen atoms in total. The Kier molecular flexibility index (Phi) is 4.61. The van der Waals surface area contributed by atoms with E-state index in [1.165, 1.54) is 36.9 Å². The van der Waals surface area contributed by atoms with Crippen molar-refractivity contribution < 1.29 is 9.59 Å². The molecule has 1 amide bonds. The van der Waals surface area contributed by atoms with E-state index in [0.717, 1.165) is 21.4 Å². The molecule has 0 spiro atoms. The molecule has 0 N–H and O–H groups in total. The molecule has 0 unspecified atom stereocenters. The van der Waals surface area contributed by atoms with Crippen molar-refractivity contribution in [3.05, 3.63) is 46.0 Å². The van der Waals surface area contributed by atoms with Crippen LogP contribution in [0.2, 0.25) is 0 Å². The van der Waals surface area contributed by atoms with E-state index in [4.69, 9.17) is 0 Å². The van der Waals surface area contributed by atoms with Crippen LogP contribution in [0.15, 0.2) is 29.3 Å². The average molecular weight is 368 g/mol. The van der Waals surface area contributed by atoms with Gasteiger partial charge < -0.3 is 4.90 Å². The topological polar surface area (TPSA) is 103 Å². The normalized spacial score (nSPS) is 12.2. The number of ketones is 1. The van der Waals surface area contributed by atoms with Gasteiger partial charge in [0.2, 0.25) is 0 Å². The van der Waals surface area contributed by atoms with E-state index < -0.39 is 23.3 Å². The largest absolute Gasteiger partial charge is 0.347 e. The average Bonchev–Trinajstić information content (AvgIpc) is 3.00. The number of likely N-dealkylation sites (N-methyl/N-ethyl adjacent to an activating group) is 1. The van der Waals surface area contributed by atoms with Gasteiger partial charge in [-0.25, -0.2) is 4.98 Å². The number of fused-ring (bicyclic) bond motifs is 1. The van der Waals surface area contributed by atoms with Crippen LogP contribution in [0.3, 0.4) is 0 Å². The van der Waals surface area contributed by atoms with Crippen molar-refractivity contribution in [2.75, 3.05) is 14.1 Å². The minimum absolute atomic E-state index is 0.00512. The first-order chi connectivity index (χ1) is 12.7. The van der Waals surface area contributed by atoms with E-state index in [1.54, 1.807) is 0 Å². The summed E-state index contributed by atoms with van der Waals surface area (Å²) in [4.78, 5) is 42.7. The highest BCUT2D eigenvalue weighted by Crippen LogP contribution is 2.17. The fourth-order valence-electron chi connectivity index (χ4n) is 2.99. The Hall–Kier alpha value is -3.36. The first kappa shape index (κ1) is 18.4. The molecule has 140 valence electrons. The molecule has 0 aliphatic carbocycles. The lowest BCUT2D eigenvalue weighted by atomic mass is 10.1. The van der Waals surface area contributed by atoms with Crippen LogP contribution in [0.4, 0.5) is 0 Å². The molecule has 3 aromatic rings. The number of aryl methyl sites for hydroxylation is 2. The molecule has 1 aromatic carbocycles. The Labute approximate surface area is 155 Å². The van der Waals surface area contributed by atoms with Crippen LogP contribution >= 0.6 is 0 Å². The molecule has 2 heterocycles. The SMILES string of the molecule is CC(=O)[C@H](C(=O)N(C)C)n1cnc2c(nnn2-c2cc(C)cc(C)c2)c1=O. The Morgan fingerprint density at radius 3 is 2.30 bits per heavy atom. The Morgan fingerprint density at radius 2 is 1.74 bits per heavy atom. The summed E-state index contributed by atoms with van der Waals surface area (Å²) in [6, 6.07) is 4.55. The molecule has 0 radical (unpaired) electrons. The van der Waals surface area contributed by atoms with E-state index in [0.29, 0.717) is 0 Å². The molecule has 1 atom stereocenters. The predicted molar refractivity (Wildman–Crippen MR) is 98.8 cm³/mol. The van der Waals surface area contributed by atoms with Crippen molar-refractivity contribution in [3.63, 3.8) is 0 Å². The van der Waals surface area contributed by atoms with Gasteiger partial charge >= 0.3 is 0 Å². The van der Waals surface area contributed by atoms with Gasteiger partial charge in [0.25, 0.3) is 11.5 Å². The van der Waals surface area contributed by atoms with Gasteiger partial charge in [-0.15, -0.1) is 5.10 Å². The van der Waals surface area contributed by atoms with Crippen LogP contribution in [0, 0.1) is 13.8 Å². The van der Waals surface area contributed by atoms with Crippen LogP contribution in [-0.2, 0) is 9.59 Å². The molecule has 27 heavy (non-hydrogen) atoms. The van der Waals surface area contributed by atoms with Crippen molar-refractivity contribution in [2.24, 2.45) is 0 Å². The number of aromatic nitrogens is 5. The van der Waals surface area contributed by atoms with Gasteiger partial charge in [-0.3, -0.25) is 19.0 Å². The second kappa shape index (κ2) is 6.75. The molecule has 3 rings (SSSR count). The minimum Gasteiger partial charge on any atom is -0.347 e. The van der Waals surface area contributed by atoms with Crippen LogP contribution < -0.4 is 5.56 Å². The van der Waals surface area contributed by atoms with E-state index in [-0.39, 0.29) is 11.2 Å². The molecular weight excluding hydrogens is 348 g/mol. The summed E-state index contributed by atoms with van der Waals surface area (Å²) < 4.78 is 2.48. The molecule has 0 saturated carbocycles. The van der Waals surface area contributed by atoms with Gasteiger partial charge in [0.15, 0.2) is 23.0 Å². The molecule has 0 aliphatic heterocycles. The molecule has 0 aliphatic rings. The van der Waals surface area contributed by atoms with Gasteiger partial charge in [-0.05, 0) is 44.0 Å². The summed E-state index contributed by atoms with van der Waals surface area (Å²) in [5.41, 5.74) is 2.47. The van der Waals surface area contributed by atoms with Gasteiger partial charge in [0, 0.05) is 14.1 Å². The second-order valence-electron chi connectivity index (χ2n) is 6.72. The molecular formula is C18H20N6O3. The first-order valence-electron chi connectivity index (χ1n) is 8.33. The number of hydrogen-bond donors (Lipinski definition) is 0. The van der Waals surface area contributed by atoms with Crippen molar-refractivity contribution in [3.8, 4) is 5.69 Å². The van der Waals surface area contributed by atoms with Crippen molar-refractivity contribution in [1.82, 2.24) is 29.4 Å². The highest BCUT2D eigenvalue weighted by atomic mass is 16.2. The number of benzene rings is 1. The third kappa shape index (κ3) is 3.23. The van der Waals surface area contributed by atoms with Gasteiger partial charge in [0.1, 0.15) is 6.33 Å². The first-order valence-corrected chi connectivity index (χ1v) is 8.33. The number of amides is 1. The van der Waals surface area contributed by atoms with Crippen LogP contribution in [0.5, 0.6) is 0 Å². The zero-order valence-corrected chi connectivity index (χ0v) is 15.8. The number of Topliss-reactive ketones (excluding diaryl/α,β-unsaturated/α-hetero) is 1. The third-order valence-corrected chi connectivity index (χ3v) is 4.18. The quantitative estimate of drug-likeness (QED) is 0.632. The summed E-state index contributed by atoms with van der Waals surface area (Å²) in [6.07, 6.45) is 1.20. The standard InChI is InChI=1S/C18H20N6O3/c1-10-6-11(2)8-13(7-10)24-16-14(20-21-24)17(26)23(9-19-16)15(12(3)25)18(27)22(4)5/h6-9,15H,1-5H3/t15-/m1/s1. The summed E-state index contributed by atoms with van der Waals surface area (Å²) >= 11 is 0. The number of carbonyl (C=O) groups is 2. The van der Waals surface area contributed by atoms with Crippen LogP contribution in [0.25, 0.3) is 16.9 Å². The Morgan fingerprint density at radius 1 is 1.11 bits per heavy atom. The van der Waals surface area contributed by atoms with Gasteiger partial charge in [-0.2, -0.15) is 4.68 Å². The maximum absolute atomic E-state index is 12.9. The number of nitrogens with zero attached hydrogens (tertiary/aromatic N) is 6. The lowest BCUT2D eigenvalue weighted by Crippen LogP contribution is -2.40. The third-order valence-electron chi connectivity index (χ3n) is 4.18. The Bertz CT molecular complexity index is 1090. The van der Waals surface area contributed by atoms with Crippen LogP contribution in [-0.4, -0.2) is 55.2 Å². The lowest BCUT2D eigenvalue weighted by Gasteiger charge is -2.19. The Balaban J connectivity index is 2.19. The van der Waals surface area contributed by atoms with Gasteiger partial charge in [0.05, 0.1) is 5.69 Å². The highest BCUT2D eigenvalue weighted by Gasteiger charge is 2.29.